The molecule has 0 spiro atoms. The van der Waals surface area contributed by atoms with Crippen molar-refractivity contribution in [2.75, 3.05) is 11.9 Å². The van der Waals surface area contributed by atoms with Gasteiger partial charge in [0.2, 0.25) is 5.91 Å². The van der Waals surface area contributed by atoms with Crippen LogP contribution in [0, 0.1) is 5.92 Å². The third-order valence-corrected chi connectivity index (χ3v) is 6.11. The molecule has 1 saturated heterocycles. The van der Waals surface area contributed by atoms with Gasteiger partial charge >= 0.3 is 0 Å². The molecule has 1 aliphatic heterocycles. The average Bonchev–Trinajstić information content (AvgIpc) is 3.31. The molecule has 2 amide bonds. The van der Waals surface area contributed by atoms with Gasteiger partial charge in [0, 0.05) is 36.1 Å². The standard InChI is InChI=1S/C19H21N3O2S/c1-11(23)21-14-4-2-3-12(7-14)17-5-6-18(25-17)19(24)22-16-9-15-8-13(16)10-20-15/h2-7,13,15-16,20H,8-10H2,1H3,(H,21,23)(H,22,24). The van der Waals surface area contributed by atoms with E-state index in [2.05, 4.69) is 16.0 Å². The second-order valence-electron chi connectivity index (χ2n) is 6.84. The van der Waals surface area contributed by atoms with Crippen molar-refractivity contribution in [2.45, 2.75) is 31.8 Å². The average molecular weight is 355 g/mol. The van der Waals surface area contributed by atoms with E-state index in [-0.39, 0.29) is 11.8 Å². The summed E-state index contributed by atoms with van der Waals surface area (Å²) in [5.41, 5.74) is 1.76. The number of benzene rings is 1. The van der Waals surface area contributed by atoms with Gasteiger partial charge in [0.25, 0.3) is 5.91 Å². The Kier molecular flexibility index (Phi) is 4.31. The summed E-state index contributed by atoms with van der Waals surface area (Å²) in [6.07, 6.45) is 2.21. The topological polar surface area (TPSA) is 70.2 Å². The predicted molar refractivity (Wildman–Crippen MR) is 99.8 cm³/mol. The van der Waals surface area contributed by atoms with E-state index in [4.69, 9.17) is 0 Å². The first-order valence-corrected chi connectivity index (χ1v) is 9.42. The van der Waals surface area contributed by atoms with Crippen molar-refractivity contribution < 1.29 is 9.59 Å². The normalized spacial score (nSPS) is 24.3. The molecule has 25 heavy (non-hydrogen) atoms. The maximum Gasteiger partial charge on any atom is 0.261 e. The fraction of sp³-hybridized carbons (Fsp3) is 0.368. The Bertz CT molecular complexity index is 817. The van der Waals surface area contributed by atoms with E-state index >= 15 is 0 Å². The largest absolute Gasteiger partial charge is 0.348 e. The van der Waals surface area contributed by atoms with Crippen LogP contribution in [0.3, 0.4) is 0 Å². The molecule has 3 atom stereocenters. The smallest absolute Gasteiger partial charge is 0.261 e. The second kappa shape index (κ2) is 6.61. The molecule has 2 heterocycles. The molecule has 4 rings (SSSR count). The molecule has 1 aromatic carbocycles. The number of nitrogens with one attached hydrogen (secondary N) is 3. The van der Waals surface area contributed by atoms with Crippen molar-refractivity contribution in [2.24, 2.45) is 5.92 Å². The summed E-state index contributed by atoms with van der Waals surface area (Å²) in [6.45, 7) is 2.51. The lowest BCUT2D eigenvalue weighted by atomic mass is 10.0. The Balaban J connectivity index is 1.46. The molecule has 0 radical (unpaired) electrons. The van der Waals surface area contributed by atoms with Gasteiger partial charge in [-0.2, -0.15) is 0 Å². The van der Waals surface area contributed by atoms with E-state index in [1.165, 1.54) is 24.7 Å². The summed E-state index contributed by atoms with van der Waals surface area (Å²) >= 11 is 1.48. The number of fused-ring (bicyclic) bond motifs is 2. The van der Waals surface area contributed by atoms with Crippen LogP contribution in [0.2, 0.25) is 0 Å². The molecule has 1 aromatic heterocycles. The summed E-state index contributed by atoms with van der Waals surface area (Å²) in [5.74, 6) is 0.498. The molecular formula is C19H21N3O2S. The Labute approximate surface area is 150 Å². The van der Waals surface area contributed by atoms with Crippen molar-refractivity contribution in [3.8, 4) is 10.4 Å². The summed E-state index contributed by atoms with van der Waals surface area (Å²) in [6, 6.07) is 12.4. The highest BCUT2D eigenvalue weighted by Crippen LogP contribution is 2.33. The summed E-state index contributed by atoms with van der Waals surface area (Å²) in [7, 11) is 0. The minimum Gasteiger partial charge on any atom is -0.348 e. The summed E-state index contributed by atoms with van der Waals surface area (Å²) in [4.78, 5) is 25.5. The van der Waals surface area contributed by atoms with Crippen LogP contribution in [0.4, 0.5) is 5.69 Å². The maximum absolute atomic E-state index is 12.6. The minimum atomic E-state index is -0.0938. The molecule has 2 aromatic rings. The molecule has 3 N–H and O–H groups in total. The highest BCUT2D eigenvalue weighted by atomic mass is 32.1. The van der Waals surface area contributed by atoms with Crippen LogP contribution in [0.15, 0.2) is 36.4 Å². The fourth-order valence-corrected chi connectivity index (χ4v) is 4.73. The molecule has 3 unspecified atom stereocenters. The van der Waals surface area contributed by atoms with Gasteiger partial charge in [0.1, 0.15) is 0 Å². The zero-order valence-corrected chi connectivity index (χ0v) is 14.9. The van der Waals surface area contributed by atoms with Crippen molar-refractivity contribution in [1.82, 2.24) is 10.6 Å². The Hall–Kier alpha value is -2.18. The van der Waals surface area contributed by atoms with Crippen LogP contribution < -0.4 is 16.0 Å². The molecule has 2 aliphatic rings. The van der Waals surface area contributed by atoms with Crippen molar-refractivity contribution >= 4 is 28.8 Å². The number of thiophene rings is 1. The van der Waals surface area contributed by atoms with Crippen LogP contribution in [-0.4, -0.2) is 30.4 Å². The molecular weight excluding hydrogens is 334 g/mol. The Morgan fingerprint density at radius 3 is 2.80 bits per heavy atom. The number of carbonyl (C=O) groups excluding carboxylic acids is 2. The van der Waals surface area contributed by atoms with E-state index in [9.17, 15) is 9.59 Å². The van der Waals surface area contributed by atoms with E-state index in [0.717, 1.165) is 34.0 Å². The van der Waals surface area contributed by atoms with Crippen molar-refractivity contribution in [3.63, 3.8) is 0 Å². The van der Waals surface area contributed by atoms with Crippen LogP contribution in [0.25, 0.3) is 10.4 Å². The Morgan fingerprint density at radius 2 is 2.08 bits per heavy atom. The summed E-state index contributed by atoms with van der Waals surface area (Å²) < 4.78 is 0. The van der Waals surface area contributed by atoms with E-state index in [1.54, 1.807) is 0 Å². The molecule has 2 fully saturated rings. The Morgan fingerprint density at radius 1 is 1.20 bits per heavy atom. The zero-order valence-electron chi connectivity index (χ0n) is 14.0. The fourth-order valence-electron chi connectivity index (χ4n) is 3.82. The van der Waals surface area contributed by atoms with Crippen molar-refractivity contribution in [3.05, 3.63) is 41.3 Å². The van der Waals surface area contributed by atoms with Gasteiger partial charge in [0.05, 0.1) is 4.88 Å². The third-order valence-electron chi connectivity index (χ3n) is 4.98. The number of rotatable bonds is 4. The molecule has 6 heteroatoms. The van der Waals surface area contributed by atoms with E-state index in [0.29, 0.717) is 18.0 Å². The first kappa shape index (κ1) is 16.3. The van der Waals surface area contributed by atoms with Gasteiger partial charge in [-0.3, -0.25) is 9.59 Å². The lowest BCUT2D eigenvalue weighted by molar-refractivity contribution is -0.114. The number of hydrogen-bond donors (Lipinski definition) is 3. The van der Waals surface area contributed by atoms with Crippen LogP contribution in [0.1, 0.15) is 29.4 Å². The van der Waals surface area contributed by atoms with Crippen LogP contribution in [0.5, 0.6) is 0 Å². The lowest BCUT2D eigenvalue weighted by Gasteiger charge is -2.23. The minimum absolute atomic E-state index is 0.0202. The monoisotopic (exact) mass is 355 g/mol. The third kappa shape index (κ3) is 3.45. The van der Waals surface area contributed by atoms with Gasteiger partial charge in [0.15, 0.2) is 0 Å². The van der Waals surface area contributed by atoms with Crippen molar-refractivity contribution in [1.29, 1.82) is 0 Å². The van der Waals surface area contributed by atoms with Crippen LogP contribution >= 0.6 is 11.3 Å². The van der Waals surface area contributed by atoms with Gasteiger partial charge in [-0.25, -0.2) is 0 Å². The first-order valence-electron chi connectivity index (χ1n) is 8.60. The van der Waals surface area contributed by atoms with Crippen LogP contribution in [-0.2, 0) is 4.79 Å². The number of carbonyl (C=O) groups is 2. The maximum atomic E-state index is 12.6. The highest BCUT2D eigenvalue weighted by Gasteiger charge is 2.40. The highest BCUT2D eigenvalue weighted by molar-refractivity contribution is 7.17. The van der Waals surface area contributed by atoms with Gasteiger partial charge in [-0.05, 0) is 48.6 Å². The number of amides is 2. The summed E-state index contributed by atoms with van der Waals surface area (Å²) in [5, 5.41) is 9.46. The quantitative estimate of drug-likeness (QED) is 0.790. The number of anilines is 1. The molecule has 1 saturated carbocycles. The SMILES string of the molecule is CC(=O)Nc1cccc(-c2ccc(C(=O)NC3CC4CC3CN4)s2)c1. The molecule has 1 aliphatic carbocycles. The molecule has 5 nitrogen and oxygen atoms in total. The second-order valence-corrected chi connectivity index (χ2v) is 7.93. The zero-order chi connectivity index (χ0) is 17.4. The van der Waals surface area contributed by atoms with E-state index in [1.807, 2.05) is 36.4 Å². The van der Waals surface area contributed by atoms with Gasteiger partial charge in [-0.15, -0.1) is 11.3 Å². The predicted octanol–water partition coefficient (Wildman–Crippen LogP) is 2.85. The molecule has 2 bridgehead atoms. The van der Waals surface area contributed by atoms with E-state index < -0.39 is 0 Å². The lowest BCUT2D eigenvalue weighted by Crippen LogP contribution is -2.43. The first-order chi connectivity index (χ1) is 12.1. The molecule has 130 valence electrons. The number of piperidine rings is 1. The number of hydrogen-bond acceptors (Lipinski definition) is 4. The van der Waals surface area contributed by atoms with Gasteiger partial charge < -0.3 is 16.0 Å². The van der Waals surface area contributed by atoms with Gasteiger partial charge in [-0.1, -0.05) is 12.1 Å².